The summed E-state index contributed by atoms with van der Waals surface area (Å²) in [5.41, 5.74) is 0. The summed E-state index contributed by atoms with van der Waals surface area (Å²) in [6.07, 6.45) is 0. The van der Waals surface area contributed by atoms with Crippen molar-refractivity contribution in [2.75, 3.05) is 25.6 Å². The smallest absolute Gasteiger partial charge is 0.287 e. The maximum atomic E-state index is 11.5. The Bertz CT molecular complexity index is 142. The van der Waals surface area contributed by atoms with Crippen LogP contribution in [0.15, 0.2) is 0 Å². The number of phosphoric acid groups is 1. The van der Waals surface area contributed by atoms with E-state index in [2.05, 4.69) is 12.6 Å². The zero-order valence-corrected chi connectivity index (χ0v) is 9.14. The molecule has 0 atom stereocenters. The Morgan fingerprint density at radius 3 is 2.00 bits per heavy atom. The lowest BCUT2D eigenvalue weighted by atomic mass is 10.9. The fourth-order valence-corrected chi connectivity index (χ4v) is 1.99. The van der Waals surface area contributed by atoms with Crippen LogP contribution in [0.25, 0.3) is 0 Å². The second-order valence-corrected chi connectivity index (χ2v) is 3.96. The molecule has 0 saturated carbocycles. The molecule has 0 N–H and O–H groups in total. The highest BCUT2D eigenvalue weighted by molar-refractivity contribution is 7.80. The van der Waals surface area contributed by atoms with Crippen molar-refractivity contribution in [3.05, 3.63) is 0 Å². The SMILES string of the molecule is CCOP(=O)(OCC)OCCS. The maximum Gasteiger partial charge on any atom is 0.474 e. The quantitative estimate of drug-likeness (QED) is 0.520. The predicted octanol–water partition coefficient (Wildman–Crippen LogP) is 2.11. The monoisotopic (exact) mass is 214 g/mol. The molecule has 4 nitrogen and oxygen atoms in total. The molecule has 0 bridgehead atoms. The van der Waals surface area contributed by atoms with Gasteiger partial charge in [-0.25, -0.2) is 4.57 Å². The molecule has 0 fully saturated rings. The lowest BCUT2D eigenvalue weighted by Gasteiger charge is -2.15. The lowest BCUT2D eigenvalue weighted by Crippen LogP contribution is -2.01. The molecule has 0 spiro atoms. The van der Waals surface area contributed by atoms with E-state index < -0.39 is 7.82 Å². The van der Waals surface area contributed by atoms with Gasteiger partial charge >= 0.3 is 7.82 Å². The summed E-state index contributed by atoms with van der Waals surface area (Å²) < 4.78 is 26.1. The van der Waals surface area contributed by atoms with Crippen molar-refractivity contribution in [2.45, 2.75) is 13.8 Å². The van der Waals surface area contributed by atoms with Crippen molar-refractivity contribution in [2.24, 2.45) is 0 Å². The van der Waals surface area contributed by atoms with Crippen LogP contribution in [-0.2, 0) is 18.1 Å². The van der Waals surface area contributed by atoms with Crippen LogP contribution < -0.4 is 0 Å². The van der Waals surface area contributed by atoms with E-state index in [1.54, 1.807) is 13.8 Å². The van der Waals surface area contributed by atoms with E-state index in [9.17, 15) is 4.57 Å². The average molecular weight is 214 g/mol. The van der Waals surface area contributed by atoms with Crippen LogP contribution in [0.3, 0.4) is 0 Å². The van der Waals surface area contributed by atoms with Crippen LogP contribution in [-0.4, -0.2) is 25.6 Å². The van der Waals surface area contributed by atoms with Crippen molar-refractivity contribution in [3.8, 4) is 0 Å². The molecule has 12 heavy (non-hydrogen) atoms. The molecule has 0 aromatic heterocycles. The van der Waals surface area contributed by atoms with Gasteiger partial charge in [-0.1, -0.05) is 0 Å². The summed E-state index contributed by atoms with van der Waals surface area (Å²) in [5, 5.41) is 0. The van der Waals surface area contributed by atoms with Crippen LogP contribution in [0.1, 0.15) is 13.8 Å². The summed E-state index contributed by atoms with van der Waals surface area (Å²) >= 11 is 3.91. The summed E-state index contributed by atoms with van der Waals surface area (Å²) in [6, 6.07) is 0. The van der Waals surface area contributed by atoms with Gasteiger partial charge in [-0.05, 0) is 13.8 Å². The van der Waals surface area contributed by atoms with Crippen LogP contribution in [0.5, 0.6) is 0 Å². The van der Waals surface area contributed by atoms with E-state index in [1.807, 2.05) is 0 Å². The molecule has 0 aliphatic rings. The molecule has 0 aliphatic carbocycles. The number of phosphoric ester groups is 1. The third kappa shape index (κ3) is 5.17. The number of hydrogen-bond donors (Lipinski definition) is 1. The Kier molecular flexibility index (Phi) is 7.19. The summed E-state index contributed by atoms with van der Waals surface area (Å²) in [7, 11) is -3.28. The van der Waals surface area contributed by atoms with Gasteiger partial charge in [0.15, 0.2) is 0 Å². The van der Waals surface area contributed by atoms with Gasteiger partial charge in [-0.15, -0.1) is 0 Å². The third-order valence-corrected chi connectivity index (χ3v) is 2.75. The maximum absolute atomic E-state index is 11.5. The highest BCUT2D eigenvalue weighted by Gasteiger charge is 2.24. The lowest BCUT2D eigenvalue weighted by molar-refractivity contribution is 0.127. The average Bonchev–Trinajstić information content (AvgIpc) is 2.02. The van der Waals surface area contributed by atoms with E-state index in [1.165, 1.54) is 0 Å². The number of hydrogen-bond acceptors (Lipinski definition) is 5. The molecule has 0 radical (unpaired) electrons. The first-order chi connectivity index (χ1) is 5.68. The van der Waals surface area contributed by atoms with E-state index in [4.69, 9.17) is 13.6 Å². The van der Waals surface area contributed by atoms with Gasteiger partial charge < -0.3 is 0 Å². The molecular formula is C6H15O4PS. The van der Waals surface area contributed by atoms with Crippen LogP contribution >= 0.6 is 20.5 Å². The normalized spacial score (nSPS) is 11.9. The Morgan fingerprint density at radius 1 is 1.17 bits per heavy atom. The van der Waals surface area contributed by atoms with Crippen LogP contribution in [0, 0.1) is 0 Å². The van der Waals surface area contributed by atoms with E-state index in [-0.39, 0.29) is 6.61 Å². The summed E-state index contributed by atoms with van der Waals surface area (Å²) in [4.78, 5) is 0. The third-order valence-electron chi connectivity index (χ3n) is 0.915. The minimum absolute atomic E-state index is 0.264. The molecule has 0 aliphatic heterocycles. The highest BCUT2D eigenvalue weighted by Crippen LogP contribution is 2.48. The second kappa shape index (κ2) is 6.92. The van der Waals surface area contributed by atoms with Gasteiger partial charge in [0.2, 0.25) is 0 Å². The van der Waals surface area contributed by atoms with Gasteiger partial charge in [0.05, 0.1) is 19.8 Å². The molecule has 0 aromatic carbocycles. The zero-order chi connectivity index (χ0) is 9.45. The standard InChI is InChI=1S/C6H15O4PS/c1-3-8-11(7,9-4-2)10-5-6-12/h12H,3-6H2,1-2H3. The molecular weight excluding hydrogens is 199 g/mol. The predicted molar refractivity (Wildman–Crippen MR) is 50.7 cm³/mol. The Hall–Kier alpha value is 0.460. The van der Waals surface area contributed by atoms with Crippen molar-refractivity contribution in [1.82, 2.24) is 0 Å². The molecule has 0 saturated heterocycles. The van der Waals surface area contributed by atoms with Gasteiger partial charge in [-0.2, -0.15) is 12.6 Å². The van der Waals surface area contributed by atoms with Gasteiger partial charge in [-0.3, -0.25) is 13.6 Å². The first-order valence-corrected chi connectivity index (χ1v) is 5.92. The van der Waals surface area contributed by atoms with E-state index >= 15 is 0 Å². The topological polar surface area (TPSA) is 44.8 Å². The highest BCUT2D eigenvalue weighted by atomic mass is 32.1. The largest absolute Gasteiger partial charge is 0.474 e. The van der Waals surface area contributed by atoms with Crippen LogP contribution in [0.2, 0.25) is 0 Å². The van der Waals surface area contributed by atoms with Crippen molar-refractivity contribution < 1.29 is 18.1 Å². The molecule has 0 unspecified atom stereocenters. The number of thiol groups is 1. The Balaban J connectivity index is 3.90. The first kappa shape index (κ1) is 12.5. The Labute approximate surface area is 78.6 Å². The van der Waals surface area contributed by atoms with Gasteiger partial charge in [0, 0.05) is 5.75 Å². The molecule has 0 aromatic rings. The molecule has 0 amide bonds. The molecule has 0 rings (SSSR count). The zero-order valence-electron chi connectivity index (χ0n) is 7.36. The summed E-state index contributed by atoms with van der Waals surface area (Å²) in [6.45, 7) is 4.35. The molecule has 74 valence electrons. The van der Waals surface area contributed by atoms with E-state index in [0.717, 1.165) is 0 Å². The molecule has 0 heterocycles. The van der Waals surface area contributed by atoms with Gasteiger partial charge in [0.1, 0.15) is 0 Å². The number of rotatable bonds is 7. The minimum atomic E-state index is -3.28. The second-order valence-electron chi connectivity index (χ2n) is 1.84. The fraction of sp³-hybridized carbons (Fsp3) is 1.00. The Morgan fingerprint density at radius 2 is 1.67 bits per heavy atom. The first-order valence-electron chi connectivity index (χ1n) is 3.83. The van der Waals surface area contributed by atoms with Gasteiger partial charge in [0.25, 0.3) is 0 Å². The minimum Gasteiger partial charge on any atom is -0.287 e. The fourth-order valence-electron chi connectivity index (χ4n) is 0.581. The summed E-state index contributed by atoms with van der Waals surface area (Å²) in [5.74, 6) is 0.490. The van der Waals surface area contributed by atoms with Crippen molar-refractivity contribution >= 4 is 20.5 Å². The van der Waals surface area contributed by atoms with Crippen molar-refractivity contribution in [1.29, 1.82) is 0 Å². The van der Waals surface area contributed by atoms with Crippen LogP contribution in [0.4, 0.5) is 0 Å². The van der Waals surface area contributed by atoms with E-state index in [0.29, 0.717) is 19.0 Å². The molecule has 6 heteroatoms. The van der Waals surface area contributed by atoms with Crippen molar-refractivity contribution in [3.63, 3.8) is 0 Å².